The van der Waals surface area contributed by atoms with Crippen LogP contribution in [-0.4, -0.2) is 21.9 Å². The van der Waals surface area contributed by atoms with Gasteiger partial charge in [0.1, 0.15) is 10.6 Å². The van der Waals surface area contributed by atoms with E-state index in [0.717, 1.165) is 11.6 Å². The topological polar surface area (TPSA) is 101 Å². The number of benzene rings is 4. The van der Waals surface area contributed by atoms with Gasteiger partial charge in [-0.25, -0.2) is 16.8 Å². The Balaban J connectivity index is 1.97. The van der Waals surface area contributed by atoms with E-state index in [9.17, 15) is 21.9 Å². The predicted octanol–water partition coefficient (Wildman–Crippen LogP) is 5.14. The van der Waals surface area contributed by atoms with Gasteiger partial charge in [0.15, 0.2) is 0 Å². The number of sulfonamides is 1. The zero-order valence-electron chi connectivity index (χ0n) is 16.8. The maximum Gasteiger partial charge on any atom is 0.261 e. The molecular formula is C23H18ClNO5S2. The Morgan fingerprint density at radius 2 is 1.34 bits per heavy atom. The van der Waals surface area contributed by atoms with Gasteiger partial charge >= 0.3 is 0 Å². The van der Waals surface area contributed by atoms with E-state index in [1.54, 1.807) is 36.4 Å². The molecule has 0 unspecified atom stereocenters. The predicted molar refractivity (Wildman–Crippen MR) is 125 cm³/mol. The standard InChI is InChI=1S/C23H18ClNO5S2/c1-15-6-10-17(11-7-15)31(27,28)22-14-21(26)19-4-2-3-5-20(19)23(22)25-32(29,30)18-12-8-16(24)9-13-18/h2-14,25-26H,1H3. The minimum atomic E-state index is -4.17. The van der Waals surface area contributed by atoms with Gasteiger partial charge in [-0.2, -0.15) is 0 Å². The van der Waals surface area contributed by atoms with Gasteiger partial charge in [0, 0.05) is 21.9 Å². The number of aryl methyl sites for hydroxylation is 1. The summed E-state index contributed by atoms with van der Waals surface area (Å²) in [7, 11) is -8.33. The lowest BCUT2D eigenvalue weighted by Crippen LogP contribution is -2.16. The normalized spacial score (nSPS) is 12.1. The zero-order chi connectivity index (χ0) is 23.1. The lowest BCUT2D eigenvalue weighted by molar-refractivity contribution is 0.479. The van der Waals surface area contributed by atoms with Crippen molar-refractivity contribution in [3.8, 4) is 5.75 Å². The molecule has 0 spiro atoms. The number of hydrogen-bond acceptors (Lipinski definition) is 5. The Hall–Kier alpha value is -3.07. The van der Waals surface area contributed by atoms with E-state index >= 15 is 0 Å². The third kappa shape index (κ3) is 4.04. The van der Waals surface area contributed by atoms with Crippen molar-refractivity contribution in [2.24, 2.45) is 0 Å². The first-order chi connectivity index (χ1) is 15.1. The van der Waals surface area contributed by atoms with Crippen molar-refractivity contribution in [1.82, 2.24) is 0 Å². The number of fused-ring (bicyclic) bond motifs is 1. The molecule has 0 atom stereocenters. The molecule has 4 rings (SSSR count). The van der Waals surface area contributed by atoms with Crippen LogP contribution >= 0.6 is 11.6 Å². The first-order valence-corrected chi connectivity index (χ1v) is 12.8. The number of rotatable bonds is 5. The van der Waals surface area contributed by atoms with Gasteiger partial charge < -0.3 is 5.11 Å². The molecule has 0 amide bonds. The summed E-state index contributed by atoms with van der Waals surface area (Å²) in [6.45, 7) is 1.82. The molecule has 0 saturated heterocycles. The monoisotopic (exact) mass is 487 g/mol. The fourth-order valence-corrected chi connectivity index (χ4v) is 6.04. The summed E-state index contributed by atoms with van der Waals surface area (Å²) in [5.74, 6) is -0.277. The van der Waals surface area contributed by atoms with Gasteiger partial charge in [-0.15, -0.1) is 0 Å². The zero-order valence-corrected chi connectivity index (χ0v) is 19.2. The molecule has 2 N–H and O–H groups in total. The second kappa shape index (κ2) is 8.12. The third-order valence-corrected chi connectivity index (χ3v) is 8.38. The Morgan fingerprint density at radius 3 is 1.97 bits per heavy atom. The van der Waals surface area contributed by atoms with E-state index in [1.165, 1.54) is 36.4 Å². The smallest absolute Gasteiger partial charge is 0.261 e. The molecule has 0 aliphatic carbocycles. The van der Waals surface area contributed by atoms with Gasteiger partial charge in [0.25, 0.3) is 10.0 Å². The van der Waals surface area contributed by atoms with E-state index in [4.69, 9.17) is 11.6 Å². The van der Waals surface area contributed by atoms with E-state index in [-0.39, 0.29) is 31.5 Å². The molecular weight excluding hydrogens is 470 g/mol. The molecule has 32 heavy (non-hydrogen) atoms. The molecule has 0 fully saturated rings. The van der Waals surface area contributed by atoms with Crippen LogP contribution in [-0.2, 0) is 19.9 Å². The van der Waals surface area contributed by atoms with Gasteiger partial charge in [-0.05, 0) is 43.3 Å². The molecule has 0 aromatic heterocycles. The fourth-order valence-electron chi connectivity index (χ4n) is 3.30. The maximum atomic E-state index is 13.5. The number of nitrogens with one attached hydrogen (secondary N) is 1. The van der Waals surface area contributed by atoms with Crippen molar-refractivity contribution < 1.29 is 21.9 Å². The molecule has 0 saturated carbocycles. The van der Waals surface area contributed by atoms with Crippen LogP contribution in [0.15, 0.2) is 93.5 Å². The SMILES string of the molecule is Cc1ccc(S(=O)(=O)c2cc(O)c3ccccc3c2NS(=O)(=O)c2ccc(Cl)cc2)cc1. The van der Waals surface area contributed by atoms with Crippen LogP contribution < -0.4 is 4.72 Å². The summed E-state index contributed by atoms with van der Waals surface area (Å²) >= 11 is 5.86. The van der Waals surface area contributed by atoms with Crippen LogP contribution in [0.5, 0.6) is 5.75 Å². The van der Waals surface area contributed by atoms with Crippen LogP contribution in [0.1, 0.15) is 5.56 Å². The number of aromatic hydroxyl groups is 1. The number of hydrogen-bond donors (Lipinski definition) is 2. The first kappa shape index (κ1) is 22.1. The van der Waals surface area contributed by atoms with Gasteiger partial charge in [-0.1, -0.05) is 53.6 Å². The first-order valence-electron chi connectivity index (χ1n) is 9.44. The van der Waals surface area contributed by atoms with Gasteiger partial charge in [0.2, 0.25) is 9.84 Å². The number of sulfone groups is 1. The van der Waals surface area contributed by atoms with Crippen LogP contribution in [0.25, 0.3) is 10.8 Å². The highest BCUT2D eigenvalue weighted by Crippen LogP contribution is 2.40. The average Bonchev–Trinajstić information content (AvgIpc) is 2.76. The second-order valence-electron chi connectivity index (χ2n) is 7.19. The maximum absolute atomic E-state index is 13.5. The van der Waals surface area contributed by atoms with Crippen LogP contribution in [0, 0.1) is 6.92 Å². The van der Waals surface area contributed by atoms with Crippen molar-refractivity contribution in [3.63, 3.8) is 0 Å². The quantitative estimate of drug-likeness (QED) is 0.379. The minimum Gasteiger partial charge on any atom is -0.507 e. The molecule has 9 heteroatoms. The summed E-state index contributed by atoms with van der Waals surface area (Å²) in [4.78, 5) is -0.461. The Bertz CT molecular complexity index is 1530. The molecule has 0 bridgehead atoms. The van der Waals surface area contributed by atoms with Crippen LogP contribution in [0.3, 0.4) is 0 Å². The largest absolute Gasteiger partial charge is 0.507 e. The van der Waals surface area contributed by atoms with E-state index < -0.39 is 19.9 Å². The summed E-state index contributed by atoms with van der Waals surface area (Å²) in [6.07, 6.45) is 0. The highest BCUT2D eigenvalue weighted by molar-refractivity contribution is 7.93. The summed E-state index contributed by atoms with van der Waals surface area (Å²) in [5.41, 5.74) is 0.725. The summed E-state index contributed by atoms with van der Waals surface area (Å²) in [6, 6.07) is 19.1. The number of phenolic OH excluding ortho intramolecular Hbond substituents is 1. The number of anilines is 1. The van der Waals surface area contributed by atoms with E-state index in [2.05, 4.69) is 4.72 Å². The van der Waals surface area contributed by atoms with Crippen LogP contribution in [0.2, 0.25) is 5.02 Å². The molecule has 4 aromatic carbocycles. The highest BCUT2D eigenvalue weighted by Gasteiger charge is 2.27. The lowest BCUT2D eigenvalue weighted by Gasteiger charge is -2.17. The molecule has 6 nitrogen and oxygen atoms in total. The lowest BCUT2D eigenvalue weighted by atomic mass is 10.1. The van der Waals surface area contributed by atoms with Crippen molar-refractivity contribution in [1.29, 1.82) is 0 Å². The molecule has 4 aromatic rings. The highest BCUT2D eigenvalue weighted by atomic mass is 35.5. The summed E-state index contributed by atoms with van der Waals surface area (Å²) in [5, 5.41) is 11.4. The van der Waals surface area contributed by atoms with Gasteiger partial charge in [-0.3, -0.25) is 4.72 Å². The Labute approximate surface area is 191 Å². The second-order valence-corrected chi connectivity index (χ2v) is 11.2. The Kier molecular flexibility index (Phi) is 5.62. The van der Waals surface area contributed by atoms with Crippen molar-refractivity contribution >= 4 is 47.9 Å². The number of phenols is 1. The van der Waals surface area contributed by atoms with Crippen LogP contribution in [0.4, 0.5) is 5.69 Å². The summed E-state index contributed by atoms with van der Waals surface area (Å²) < 4.78 is 55.5. The third-order valence-electron chi connectivity index (χ3n) is 4.97. The molecule has 0 aliphatic rings. The van der Waals surface area contributed by atoms with Crippen molar-refractivity contribution in [3.05, 3.63) is 89.4 Å². The molecule has 164 valence electrons. The van der Waals surface area contributed by atoms with Gasteiger partial charge in [0.05, 0.1) is 15.5 Å². The molecule has 0 radical (unpaired) electrons. The van der Waals surface area contributed by atoms with Crippen molar-refractivity contribution in [2.75, 3.05) is 4.72 Å². The van der Waals surface area contributed by atoms with E-state index in [1.807, 2.05) is 6.92 Å². The van der Waals surface area contributed by atoms with Crippen molar-refractivity contribution in [2.45, 2.75) is 21.6 Å². The van der Waals surface area contributed by atoms with E-state index in [0.29, 0.717) is 10.4 Å². The number of halogens is 1. The average molecular weight is 488 g/mol. The fraction of sp³-hybridized carbons (Fsp3) is 0.0435. The molecule has 0 aliphatic heterocycles. The Morgan fingerprint density at radius 1 is 0.781 bits per heavy atom. The molecule has 0 heterocycles. The minimum absolute atomic E-state index is 0.0234.